The van der Waals surface area contributed by atoms with Gasteiger partial charge >= 0.3 is 0 Å². The van der Waals surface area contributed by atoms with E-state index in [1.165, 1.54) is 11.1 Å². The Morgan fingerprint density at radius 3 is 2.70 bits per heavy atom. The lowest BCUT2D eigenvalue weighted by molar-refractivity contribution is -0.128. The number of benzene rings is 2. The molecule has 1 aliphatic carbocycles. The van der Waals surface area contributed by atoms with Gasteiger partial charge in [0.05, 0.1) is 12.7 Å². The summed E-state index contributed by atoms with van der Waals surface area (Å²) in [5, 5.41) is 23.2. The molecule has 3 N–H and O–H groups in total. The van der Waals surface area contributed by atoms with Crippen molar-refractivity contribution >= 4 is 5.91 Å². The minimum atomic E-state index is -0.605. The van der Waals surface area contributed by atoms with E-state index in [-0.39, 0.29) is 11.7 Å². The fourth-order valence-electron chi connectivity index (χ4n) is 3.73. The zero-order chi connectivity index (χ0) is 21.5. The topological polar surface area (TPSA) is 82.0 Å². The fraction of sp³-hybridized carbons (Fsp3) is 0.458. The molecule has 1 aliphatic rings. The smallest absolute Gasteiger partial charge is 0.222 e. The average molecular weight is 413 g/mol. The van der Waals surface area contributed by atoms with Crippen LogP contribution in [0.3, 0.4) is 0 Å². The summed E-state index contributed by atoms with van der Waals surface area (Å²) in [7, 11) is 3.53. The van der Waals surface area contributed by atoms with E-state index < -0.39 is 6.10 Å². The van der Waals surface area contributed by atoms with Crippen LogP contribution in [0.2, 0.25) is 0 Å². The van der Waals surface area contributed by atoms with Crippen molar-refractivity contribution in [2.75, 3.05) is 27.2 Å². The zero-order valence-corrected chi connectivity index (χ0v) is 17.8. The van der Waals surface area contributed by atoms with Crippen LogP contribution in [0.4, 0.5) is 0 Å². The van der Waals surface area contributed by atoms with Crippen molar-refractivity contribution < 1.29 is 19.7 Å². The highest BCUT2D eigenvalue weighted by Crippen LogP contribution is 2.26. The molecule has 30 heavy (non-hydrogen) atoms. The third-order valence-corrected chi connectivity index (χ3v) is 5.59. The molecule has 0 fully saturated rings. The first-order valence-corrected chi connectivity index (χ1v) is 10.6. The molecule has 0 radical (unpaired) electrons. The van der Waals surface area contributed by atoms with Crippen LogP contribution in [0.15, 0.2) is 42.5 Å². The highest BCUT2D eigenvalue weighted by molar-refractivity contribution is 5.75. The highest BCUT2D eigenvalue weighted by atomic mass is 16.5. The summed E-state index contributed by atoms with van der Waals surface area (Å²) in [4.78, 5) is 13.2. The number of nitrogens with zero attached hydrogens (tertiary/aromatic N) is 1. The van der Waals surface area contributed by atoms with Crippen LogP contribution >= 0.6 is 0 Å². The number of fused-ring (bicyclic) bond motifs is 1. The van der Waals surface area contributed by atoms with Crippen LogP contribution in [-0.4, -0.2) is 54.3 Å². The predicted molar refractivity (Wildman–Crippen MR) is 117 cm³/mol. The molecule has 6 heteroatoms. The molecule has 0 heterocycles. The van der Waals surface area contributed by atoms with Gasteiger partial charge in [-0.3, -0.25) is 4.79 Å². The number of aliphatic hydroxyl groups excluding tert-OH is 1. The first-order valence-electron chi connectivity index (χ1n) is 10.6. The summed E-state index contributed by atoms with van der Waals surface area (Å²) in [5.74, 6) is 1.16. The van der Waals surface area contributed by atoms with Crippen molar-refractivity contribution in [2.24, 2.45) is 0 Å². The van der Waals surface area contributed by atoms with Crippen molar-refractivity contribution in [3.8, 4) is 11.5 Å². The maximum Gasteiger partial charge on any atom is 0.222 e. The Hall–Kier alpha value is -2.57. The predicted octanol–water partition coefficient (Wildman–Crippen LogP) is 2.82. The maximum atomic E-state index is 11.6. The van der Waals surface area contributed by atoms with Crippen molar-refractivity contribution in [1.82, 2.24) is 10.2 Å². The van der Waals surface area contributed by atoms with Gasteiger partial charge in [0.15, 0.2) is 0 Å². The molecular formula is C24H32N2O4. The summed E-state index contributed by atoms with van der Waals surface area (Å²) in [6, 6.07) is 13.2. The summed E-state index contributed by atoms with van der Waals surface area (Å²) < 4.78 is 5.85. The van der Waals surface area contributed by atoms with Crippen LogP contribution < -0.4 is 10.1 Å². The van der Waals surface area contributed by atoms with Gasteiger partial charge in [-0.05, 0) is 66.6 Å². The van der Waals surface area contributed by atoms with Gasteiger partial charge in [0.25, 0.3) is 0 Å². The van der Waals surface area contributed by atoms with E-state index >= 15 is 0 Å². The number of amides is 1. The van der Waals surface area contributed by atoms with Gasteiger partial charge in [-0.2, -0.15) is 0 Å². The normalized spacial score (nSPS) is 16.6. The second-order valence-corrected chi connectivity index (χ2v) is 8.13. The largest absolute Gasteiger partial charge is 0.508 e. The molecule has 1 unspecified atom stereocenters. The molecule has 2 aromatic carbocycles. The minimum absolute atomic E-state index is 0.118. The van der Waals surface area contributed by atoms with E-state index in [1.54, 1.807) is 43.3 Å². The van der Waals surface area contributed by atoms with Gasteiger partial charge in [0, 0.05) is 33.1 Å². The van der Waals surface area contributed by atoms with Crippen LogP contribution in [0.5, 0.6) is 11.5 Å². The molecule has 0 spiro atoms. The Labute approximate surface area is 178 Å². The van der Waals surface area contributed by atoms with E-state index in [9.17, 15) is 15.0 Å². The van der Waals surface area contributed by atoms with E-state index in [4.69, 9.17) is 4.74 Å². The number of ether oxygens (including phenoxy) is 1. The quantitative estimate of drug-likeness (QED) is 0.552. The minimum Gasteiger partial charge on any atom is -0.508 e. The molecule has 6 nitrogen and oxygen atoms in total. The standard InChI is InChI=1S/C24H32N2O4/c1-26(2)24(29)4-3-13-30-22-12-8-17-5-9-20(14-19(17)15-22)25-16-23(28)18-6-10-21(27)11-7-18/h6-8,10-12,15,20,23,25,27-28H,3-5,9,13-14,16H2,1-2H3/t20-,23?/m0/s1. The number of carbonyl (C=O) groups is 1. The van der Waals surface area contributed by atoms with Gasteiger partial charge in [0.2, 0.25) is 5.91 Å². The number of nitrogens with one attached hydrogen (secondary N) is 1. The number of hydrogen-bond acceptors (Lipinski definition) is 5. The highest BCUT2D eigenvalue weighted by Gasteiger charge is 2.20. The van der Waals surface area contributed by atoms with Crippen molar-refractivity contribution in [3.63, 3.8) is 0 Å². The van der Waals surface area contributed by atoms with E-state index in [0.29, 0.717) is 32.0 Å². The van der Waals surface area contributed by atoms with Crippen LogP contribution in [0.1, 0.15) is 42.1 Å². The zero-order valence-electron chi connectivity index (χ0n) is 17.8. The third kappa shape index (κ3) is 6.21. The number of carbonyl (C=O) groups excluding carboxylic acids is 1. The lowest BCUT2D eigenvalue weighted by atomic mass is 9.88. The monoisotopic (exact) mass is 412 g/mol. The van der Waals surface area contributed by atoms with Crippen LogP contribution in [0.25, 0.3) is 0 Å². The molecule has 0 aromatic heterocycles. The van der Waals surface area contributed by atoms with Gasteiger partial charge in [-0.15, -0.1) is 0 Å². The van der Waals surface area contributed by atoms with E-state index in [1.807, 2.05) is 6.07 Å². The average Bonchev–Trinajstić information content (AvgIpc) is 2.75. The SMILES string of the molecule is CN(C)C(=O)CCCOc1ccc2c(c1)C[C@@H](NCC(O)c1ccc(O)cc1)CC2. The summed E-state index contributed by atoms with van der Waals surface area (Å²) in [6.45, 7) is 1.000. The Bertz CT molecular complexity index is 836. The molecule has 162 valence electrons. The lowest BCUT2D eigenvalue weighted by Gasteiger charge is -2.27. The fourth-order valence-corrected chi connectivity index (χ4v) is 3.73. The Morgan fingerprint density at radius 2 is 1.97 bits per heavy atom. The molecule has 2 atom stereocenters. The van der Waals surface area contributed by atoms with Gasteiger partial charge in [-0.25, -0.2) is 0 Å². The molecule has 1 amide bonds. The van der Waals surface area contributed by atoms with Gasteiger partial charge in [-0.1, -0.05) is 18.2 Å². The van der Waals surface area contributed by atoms with E-state index in [2.05, 4.69) is 17.4 Å². The van der Waals surface area contributed by atoms with Crippen molar-refractivity contribution in [3.05, 3.63) is 59.2 Å². The number of hydrogen-bond donors (Lipinski definition) is 3. The number of phenolic OH excluding ortho intramolecular Hbond substituents is 1. The Balaban J connectivity index is 1.47. The second-order valence-electron chi connectivity index (χ2n) is 8.13. The lowest BCUT2D eigenvalue weighted by Crippen LogP contribution is -2.37. The van der Waals surface area contributed by atoms with Crippen LogP contribution in [-0.2, 0) is 17.6 Å². The summed E-state index contributed by atoms with van der Waals surface area (Å²) in [5.41, 5.74) is 3.42. The molecule has 2 aromatic rings. The van der Waals surface area contributed by atoms with E-state index in [0.717, 1.165) is 30.6 Å². The first-order chi connectivity index (χ1) is 14.4. The third-order valence-electron chi connectivity index (χ3n) is 5.59. The molecule has 3 rings (SSSR count). The number of rotatable bonds is 9. The molecular weight excluding hydrogens is 380 g/mol. The maximum absolute atomic E-state index is 11.6. The molecule has 0 aliphatic heterocycles. The van der Waals surface area contributed by atoms with Gasteiger partial charge < -0.3 is 25.2 Å². The Morgan fingerprint density at radius 1 is 1.20 bits per heavy atom. The van der Waals surface area contributed by atoms with Crippen LogP contribution in [0, 0.1) is 0 Å². The Kier molecular flexibility index (Phi) is 7.71. The molecule has 0 saturated heterocycles. The molecule has 0 saturated carbocycles. The summed E-state index contributed by atoms with van der Waals surface area (Å²) in [6.07, 6.45) is 3.52. The second kappa shape index (κ2) is 10.5. The number of aliphatic hydroxyl groups is 1. The molecule has 0 bridgehead atoms. The van der Waals surface area contributed by atoms with Gasteiger partial charge in [0.1, 0.15) is 11.5 Å². The van der Waals surface area contributed by atoms with Crippen molar-refractivity contribution in [2.45, 2.75) is 44.2 Å². The first kappa shape index (κ1) is 22.1. The number of phenols is 1. The summed E-state index contributed by atoms with van der Waals surface area (Å²) >= 11 is 0. The number of aryl methyl sites for hydroxylation is 1. The van der Waals surface area contributed by atoms with Crippen molar-refractivity contribution in [1.29, 1.82) is 0 Å². The number of aromatic hydroxyl groups is 1.